The lowest BCUT2D eigenvalue weighted by Crippen LogP contribution is -2.43. The Hall–Kier alpha value is -2.80. The number of nitrogens with one attached hydrogen (secondary N) is 1. The van der Waals surface area contributed by atoms with E-state index in [1.165, 1.54) is 11.8 Å². The van der Waals surface area contributed by atoms with E-state index in [9.17, 15) is 19.5 Å². The van der Waals surface area contributed by atoms with Crippen molar-refractivity contribution in [3.05, 3.63) is 66.2 Å². The molecule has 0 aromatic heterocycles. The maximum absolute atomic E-state index is 12.8. The molecule has 0 aliphatic rings. The van der Waals surface area contributed by atoms with Crippen LogP contribution in [0.3, 0.4) is 0 Å². The number of carboxylic acid groups (broad SMARTS) is 1. The van der Waals surface area contributed by atoms with E-state index >= 15 is 0 Å². The molecule has 0 aliphatic carbocycles. The molecule has 0 saturated heterocycles. The number of hydrogen-bond donors (Lipinski definition) is 3. The summed E-state index contributed by atoms with van der Waals surface area (Å²) in [6, 6.07) is 17.3. The largest absolute Gasteiger partial charge is 0.480 e. The van der Waals surface area contributed by atoms with Gasteiger partial charge in [-0.1, -0.05) is 48.5 Å². The van der Waals surface area contributed by atoms with Crippen molar-refractivity contribution in [3.8, 4) is 0 Å². The summed E-state index contributed by atoms with van der Waals surface area (Å²) in [7, 11) is 0. The van der Waals surface area contributed by atoms with Crippen LogP contribution in [0.1, 0.15) is 23.7 Å². The van der Waals surface area contributed by atoms with Crippen LogP contribution in [-0.2, 0) is 14.4 Å². The fraction of sp³-hybridized carbons (Fsp3) is 0.211. The quantitative estimate of drug-likeness (QED) is 0.585. The highest BCUT2D eigenvalue weighted by molar-refractivity contribution is 8.00. The predicted molar refractivity (Wildman–Crippen MR) is 99.5 cm³/mol. The molecule has 136 valence electrons. The van der Waals surface area contributed by atoms with Gasteiger partial charge >= 0.3 is 5.97 Å². The molecule has 0 heterocycles. The van der Waals surface area contributed by atoms with Crippen LogP contribution >= 0.6 is 11.8 Å². The number of carboxylic acids is 1. The van der Waals surface area contributed by atoms with Gasteiger partial charge in [-0.3, -0.25) is 9.59 Å². The van der Waals surface area contributed by atoms with Crippen molar-refractivity contribution in [2.75, 3.05) is 0 Å². The van der Waals surface area contributed by atoms with Gasteiger partial charge in [0.05, 0.1) is 0 Å². The Balaban J connectivity index is 2.19. The van der Waals surface area contributed by atoms with Gasteiger partial charge in [0.2, 0.25) is 11.8 Å². The van der Waals surface area contributed by atoms with Crippen LogP contribution in [0.25, 0.3) is 0 Å². The van der Waals surface area contributed by atoms with Crippen molar-refractivity contribution < 1.29 is 19.5 Å². The third-order valence-electron chi connectivity index (χ3n) is 3.63. The van der Waals surface area contributed by atoms with E-state index in [0.29, 0.717) is 0 Å². The third kappa shape index (κ3) is 5.93. The van der Waals surface area contributed by atoms with Crippen molar-refractivity contribution in [2.24, 2.45) is 5.73 Å². The maximum Gasteiger partial charge on any atom is 0.326 e. The molecular formula is C19H20N2O4S. The molecule has 2 rings (SSSR count). The van der Waals surface area contributed by atoms with Crippen molar-refractivity contribution in [2.45, 2.75) is 29.0 Å². The second kappa shape index (κ2) is 9.62. The molecule has 0 fully saturated rings. The van der Waals surface area contributed by atoms with Crippen molar-refractivity contribution in [1.82, 2.24) is 5.32 Å². The molecule has 2 amide bonds. The minimum Gasteiger partial charge on any atom is -0.480 e. The van der Waals surface area contributed by atoms with E-state index in [-0.39, 0.29) is 12.8 Å². The van der Waals surface area contributed by atoms with Gasteiger partial charge in [0.15, 0.2) is 0 Å². The van der Waals surface area contributed by atoms with Crippen molar-refractivity contribution in [1.29, 1.82) is 0 Å². The monoisotopic (exact) mass is 372 g/mol. The maximum atomic E-state index is 12.8. The summed E-state index contributed by atoms with van der Waals surface area (Å²) in [6.45, 7) is 0. The van der Waals surface area contributed by atoms with Crippen molar-refractivity contribution >= 4 is 29.5 Å². The Bertz CT molecular complexity index is 753. The number of thioether (sulfide) groups is 1. The molecule has 0 bridgehead atoms. The highest BCUT2D eigenvalue weighted by atomic mass is 32.2. The SMILES string of the molecule is NC(=O)CC[C@H](NC(=O)C(Sc1ccccc1)c1ccccc1)C(=O)O. The smallest absolute Gasteiger partial charge is 0.326 e. The molecule has 2 aromatic rings. The minimum absolute atomic E-state index is 0.0477. The molecule has 4 N–H and O–H groups in total. The van der Waals surface area contributed by atoms with Crippen LogP contribution in [-0.4, -0.2) is 28.9 Å². The standard InChI is InChI=1S/C19H20N2O4S/c20-16(22)12-11-15(19(24)25)21-18(23)17(13-7-3-1-4-8-13)26-14-9-5-2-6-10-14/h1-10,15,17H,11-12H2,(H2,20,22)(H,21,23)(H,24,25)/t15-,17?/m0/s1. The van der Waals surface area contributed by atoms with Gasteiger partial charge < -0.3 is 16.2 Å². The molecule has 7 heteroatoms. The van der Waals surface area contributed by atoms with Gasteiger partial charge in [0.25, 0.3) is 0 Å². The van der Waals surface area contributed by atoms with Gasteiger partial charge in [0, 0.05) is 11.3 Å². The fourth-order valence-electron chi connectivity index (χ4n) is 2.33. The highest BCUT2D eigenvalue weighted by Crippen LogP contribution is 2.35. The molecule has 0 spiro atoms. The third-order valence-corrected chi connectivity index (χ3v) is 4.90. The van der Waals surface area contributed by atoms with Crippen LogP contribution in [0.15, 0.2) is 65.6 Å². The van der Waals surface area contributed by atoms with Gasteiger partial charge in [0.1, 0.15) is 11.3 Å². The minimum atomic E-state index is -1.20. The van der Waals surface area contributed by atoms with E-state index < -0.39 is 29.1 Å². The lowest BCUT2D eigenvalue weighted by Gasteiger charge is -2.20. The average Bonchev–Trinajstić information content (AvgIpc) is 2.64. The first-order chi connectivity index (χ1) is 12.5. The molecule has 1 unspecified atom stereocenters. The number of nitrogens with two attached hydrogens (primary N) is 1. The normalized spacial score (nSPS) is 12.8. The number of primary amides is 1. The summed E-state index contributed by atoms with van der Waals surface area (Å²) in [4.78, 5) is 36.0. The number of amides is 2. The van der Waals surface area contributed by atoms with E-state index in [1.807, 2.05) is 60.7 Å². The van der Waals surface area contributed by atoms with Crippen LogP contribution in [0.5, 0.6) is 0 Å². The molecule has 0 radical (unpaired) electrons. The molecule has 0 saturated carbocycles. The summed E-state index contributed by atoms with van der Waals surface area (Å²) in [5.74, 6) is -2.23. The van der Waals surface area contributed by atoms with Crippen LogP contribution in [0.2, 0.25) is 0 Å². The zero-order chi connectivity index (χ0) is 18.9. The lowest BCUT2D eigenvalue weighted by molar-refractivity contribution is -0.142. The molecule has 2 atom stereocenters. The molecule has 26 heavy (non-hydrogen) atoms. The summed E-state index contributed by atoms with van der Waals surface area (Å²) in [5.41, 5.74) is 5.84. The van der Waals surface area contributed by atoms with Crippen LogP contribution in [0, 0.1) is 0 Å². The lowest BCUT2D eigenvalue weighted by atomic mass is 10.1. The van der Waals surface area contributed by atoms with Gasteiger partial charge in [-0.25, -0.2) is 4.79 Å². The van der Waals surface area contributed by atoms with Gasteiger partial charge in [-0.15, -0.1) is 11.8 Å². The number of hydrogen-bond acceptors (Lipinski definition) is 4. The number of rotatable bonds is 9. The van der Waals surface area contributed by atoms with E-state index in [1.54, 1.807) is 0 Å². The Morgan fingerprint density at radius 2 is 1.58 bits per heavy atom. The number of aliphatic carboxylic acids is 1. The fourth-order valence-corrected chi connectivity index (χ4v) is 3.38. The van der Waals surface area contributed by atoms with Crippen LogP contribution in [0.4, 0.5) is 0 Å². The summed E-state index contributed by atoms with van der Waals surface area (Å²) in [5, 5.41) is 11.2. The number of carbonyl (C=O) groups is 3. The molecular weight excluding hydrogens is 352 g/mol. The second-order valence-corrected chi connectivity index (χ2v) is 6.80. The Morgan fingerprint density at radius 3 is 2.12 bits per heavy atom. The summed E-state index contributed by atoms with van der Waals surface area (Å²) in [6.07, 6.45) is -0.160. The van der Waals surface area contributed by atoms with Gasteiger partial charge in [-0.05, 0) is 24.1 Å². The highest BCUT2D eigenvalue weighted by Gasteiger charge is 2.27. The van der Waals surface area contributed by atoms with Crippen LogP contribution < -0.4 is 11.1 Å². The molecule has 6 nitrogen and oxygen atoms in total. The van der Waals surface area contributed by atoms with E-state index in [4.69, 9.17) is 5.73 Å². The predicted octanol–water partition coefficient (Wildman–Crippen LogP) is 2.35. The van der Waals surface area contributed by atoms with Crippen molar-refractivity contribution in [3.63, 3.8) is 0 Å². The summed E-state index contributed by atoms with van der Waals surface area (Å²) >= 11 is 1.33. The van der Waals surface area contributed by atoms with Gasteiger partial charge in [-0.2, -0.15) is 0 Å². The number of benzene rings is 2. The molecule has 0 aliphatic heterocycles. The van der Waals surface area contributed by atoms with E-state index in [2.05, 4.69) is 5.32 Å². The topological polar surface area (TPSA) is 109 Å². The summed E-state index contributed by atoms with van der Waals surface area (Å²) < 4.78 is 0. The second-order valence-electron chi connectivity index (χ2n) is 5.63. The Morgan fingerprint density at radius 1 is 1.00 bits per heavy atom. The Kier molecular flexibility index (Phi) is 7.23. The Labute approximate surface area is 155 Å². The first-order valence-electron chi connectivity index (χ1n) is 8.05. The zero-order valence-electron chi connectivity index (χ0n) is 14.0. The zero-order valence-corrected chi connectivity index (χ0v) is 14.8. The number of carbonyl (C=O) groups excluding carboxylic acids is 2. The molecule has 2 aromatic carbocycles. The average molecular weight is 372 g/mol. The first kappa shape index (κ1) is 19.5. The van der Waals surface area contributed by atoms with E-state index in [0.717, 1.165) is 10.5 Å². The first-order valence-corrected chi connectivity index (χ1v) is 8.93.